The Balaban J connectivity index is 0.000000308. The van der Waals surface area contributed by atoms with E-state index in [4.69, 9.17) is 26.3 Å². The van der Waals surface area contributed by atoms with E-state index in [-0.39, 0.29) is 82.0 Å². The molecular formula is C43H41IrN3O-2. The SMILES string of the molecule is [2H]C([2H])([2H])c1c[c-]c(-c2ccc(C([2H])([2H])[2H])cn2)cc1.[2H]c1cc(CC(C)(C)C)cc(C([2H])([2H])[2H])c1-c1cc(-c2[c-]ccc3c2oc2nc(C([2H])([2H])[2H])ccc23)ncc1C([2H])([2H])[2H].[Ir]. The number of furan rings is 1. The maximum Gasteiger partial charge on any atom is 0.216 e. The number of rotatable bonds is 4. The van der Waals surface area contributed by atoms with Gasteiger partial charge in [0, 0.05) is 64.1 Å². The predicted molar refractivity (Wildman–Crippen MR) is 194 cm³/mol. The number of benzene rings is 3. The van der Waals surface area contributed by atoms with Gasteiger partial charge in [-0.3, -0.25) is 0 Å². The maximum absolute atomic E-state index is 8.89. The van der Waals surface area contributed by atoms with E-state index in [0.717, 1.165) is 0 Å². The van der Waals surface area contributed by atoms with Crippen LogP contribution in [0, 0.1) is 51.8 Å². The van der Waals surface area contributed by atoms with E-state index in [1.807, 2.05) is 20.8 Å². The van der Waals surface area contributed by atoms with Crippen LogP contribution in [0.2, 0.25) is 0 Å². The van der Waals surface area contributed by atoms with E-state index < -0.39 is 34.3 Å². The molecule has 0 unspecified atom stereocenters. The maximum atomic E-state index is 8.89. The number of hydrogen-bond donors (Lipinski definition) is 0. The number of pyridine rings is 3. The molecule has 7 aromatic rings. The molecule has 4 heterocycles. The van der Waals surface area contributed by atoms with Crippen molar-refractivity contribution < 1.29 is 46.5 Å². The Bertz CT molecular complexity index is 2720. The van der Waals surface area contributed by atoms with Gasteiger partial charge in [0.15, 0.2) is 0 Å². The molecule has 0 aliphatic rings. The fraction of sp³-hybridized carbons (Fsp3) is 0.233. The minimum Gasteiger partial charge on any atom is -0.486 e. The Morgan fingerprint density at radius 2 is 1.60 bits per heavy atom. The van der Waals surface area contributed by atoms with Crippen molar-refractivity contribution in [2.45, 2.75) is 61.5 Å². The number of aryl methyl sites for hydroxylation is 5. The summed E-state index contributed by atoms with van der Waals surface area (Å²) in [6.45, 7) is -6.03. The zero-order valence-electron chi connectivity index (χ0n) is 42.4. The first-order valence-electron chi connectivity index (χ1n) is 22.8. The van der Waals surface area contributed by atoms with Crippen LogP contribution in [0.5, 0.6) is 0 Å². The van der Waals surface area contributed by atoms with Gasteiger partial charge in [-0.15, -0.1) is 53.6 Å². The molecule has 4 nitrogen and oxygen atoms in total. The molecule has 0 bridgehead atoms. The molecule has 245 valence electrons. The van der Waals surface area contributed by atoms with Crippen LogP contribution in [0.1, 0.15) is 76.2 Å². The predicted octanol–water partition coefficient (Wildman–Crippen LogP) is 11.2. The summed E-state index contributed by atoms with van der Waals surface area (Å²) in [5.74, 6) is 0. The molecule has 0 saturated heterocycles. The van der Waals surface area contributed by atoms with Crippen molar-refractivity contribution in [2.75, 3.05) is 0 Å². The van der Waals surface area contributed by atoms with E-state index in [0.29, 0.717) is 45.2 Å². The Morgan fingerprint density at radius 1 is 0.771 bits per heavy atom. The van der Waals surface area contributed by atoms with Gasteiger partial charge in [-0.2, -0.15) is 0 Å². The molecule has 0 aliphatic carbocycles. The van der Waals surface area contributed by atoms with Gasteiger partial charge in [-0.25, -0.2) is 4.98 Å². The van der Waals surface area contributed by atoms with Crippen LogP contribution in [0.4, 0.5) is 0 Å². The number of fused-ring (bicyclic) bond motifs is 3. The van der Waals surface area contributed by atoms with E-state index in [1.165, 1.54) is 48.8 Å². The van der Waals surface area contributed by atoms with Gasteiger partial charge in [0.05, 0.1) is 6.95 Å². The topological polar surface area (TPSA) is 51.8 Å². The summed E-state index contributed by atoms with van der Waals surface area (Å²) in [6.07, 6.45) is 2.99. The van der Waals surface area contributed by atoms with Gasteiger partial charge in [0.2, 0.25) is 5.71 Å². The molecule has 1 radical (unpaired) electrons. The van der Waals surface area contributed by atoms with Crippen molar-refractivity contribution in [2.24, 2.45) is 5.41 Å². The van der Waals surface area contributed by atoms with Crippen LogP contribution in [0.15, 0.2) is 95.6 Å². The summed E-state index contributed by atoms with van der Waals surface area (Å²) < 4.78 is 131. The van der Waals surface area contributed by atoms with Crippen molar-refractivity contribution in [1.82, 2.24) is 15.0 Å². The third-order valence-electron chi connectivity index (χ3n) is 7.32. The second-order valence-electron chi connectivity index (χ2n) is 12.3. The molecule has 0 fully saturated rings. The molecule has 0 saturated carbocycles. The standard InChI is InChI=1S/C30H29N2O.C13H12N.Ir/c1-18-14-21(16-30(4,5)6)11-13-22(18)26-15-27(31-17-19(26)2)25-9-7-8-23-24-12-10-20(3)32-29(24)33-28(23)25;1-10-3-6-12(7-4-10)13-8-5-11(2)9-14-13;/h7-8,10-15,17H,16H2,1-6H3;3-6,8-9H,1-2H3;/q2*-1;/i1D3,2D3,3D3,13D;1D3,2D3;. The quantitative estimate of drug-likeness (QED) is 0.166. The summed E-state index contributed by atoms with van der Waals surface area (Å²) in [7, 11) is 0. The number of aromatic nitrogens is 3. The summed E-state index contributed by atoms with van der Waals surface area (Å²) in [5, 5.41) is 1.19. The fourth-order valence-corrected chi connectivity index (χ4v) is 5.23. The van der Waals surface area contributed by atoms with E-state index in [1.54, 1.807) is 36.4 Å². The zero-order valence-corrected chi connectivity index (χ0v) is 28.8. The van der Waals surface area contributed by atoms with Crippen molar-refractivity contribution in [3.8, 4) is 33.6 Å². The van der Waals surface area contributed by atoms with Gasteiger partial charge < -0.3 is 14.4 Å². The molecule has 0 atom stereocenters. The third kappa shape index (κ3) is 7.81. The molecule has 3 aromatic carbocycles. The fourth-order valence-electron chi connectivity index (χ4n) is 5.23. The Labute approximate surface area is 320 Å². The summed E-state index contributed by atoms with van der Waals surface area (Å²) in [5.41, 5.74) is 2.64. The van der Waals surface area contributed by atoms with E-state index >= 15 is 0 Å². The first-order valence-corrected chi connectivity index (χ1v) is 14.8. The smallest absolute Gasteiger partial charge is 0.216 e. The minimum atomic E-state index is -2.66. The van der Waals surface area contributed by atoms with Crippen molar-refractivity contribution >= 4 is 22.1 Å². The average Bonchev–Trinajstić information content (AvgIpc) is 3.54. The third-order valence-corrected chi connectivity index (χ3v) is 7.32. The van der Waals surface area contributed by atoms with Gasteiger partial charge >= 0.3 is 0 Å². The molecular weight excluding hydrogens is 767 g/mol. The monoisotopic (exact) mass is 824 g/mol. The molecule has 7 rings (SSSR count). The van der Waals surface area contributed by atoms with Crippen LogP contribution in [0.25, 0.3) is 55.7 Å². The van der Waals surface area contributed by atoms with Crippen LogP contribution in [0.3, 0.4) is 0 Å². The first kappa shape index (κ1) is 19.5. The van der Waals surface area contributed by atoms with Gasteiger partial charge in [0.1, 0.15) is 0 Å². The van der Waals surface area contributed by atoms with Crippen LogP contribution in [-0.4, -0.2) is 15.0 Å². The summed E-state index contributed by atoms with van der Waals surface area (Å²) in [4.78, 5) is 12.7. The second-order valence-corrected chi connectivity index (χ2v) is 12.3. The first-order chi connectivity index (χ1) is 28.9. The number of hydrogen-bond acceptors (Lipinski definition) is 4. The molecule has 0 spiro atoms. The molecule has 0 amide bonds. The van der Waals surface area contributed by atoms with Crippen LogP contribution in [-0.2, 0) is 26.5 Å². The van der Waals surface area contributed by atoms with Gasteiger partial charge in [-0.05, 0) is 96.1 Å². The summed E-state index contributed by atoms with van der Waals surface area (Å²) >= 11 is 0. The van der Waals surface area contributed by atoms with Crippen molar-refractivity contribution in [3.63, 3.8) is 0 Å². The van der Waals surface area contributed by atoms with Crippen LogP contribution >= 0.6 is 0 Å². The molecule has 5 heteroatoms. The Hall–Kier alpha value is -4.44. The van der Waals surface area contributed by atoms with E-state index in [2.05, 4.69) is 27.1 Å². The van der Waals surface area contributed by atoms with Crippen molar-refractivity contribution in [3.05, 3.63) is 137 Å². The molecule has 4 aromatic heterocycles. The molecule has 0 aliphatic heterocycles. The van der Waals surface area contributed by atoms with Crippen LogP contribution < -0.4 is 0 Å². The second kappa shape index (κ2) is 14.4. The Kier molecular flexibility index (Phi) is 5.84. The van der Waals surface area contributed by atoms with Gasteiger partial charge in [-0.1, -0.05) is 74.9 Å². The molecule has 48 heavy (non-hydrogen) atoms. The van der Waals surface area contributed by atoms with E-state index in [9.17, 15) is 0 Å². The number of nitrogens with zero attached hydrogens (tertiary/aromatic N) is 3. The van der Waals surface area contributed by atoms with Gasteiger partial charge in [0.25, 0.3) is 0 Å². The Morgan fingerprint density at radius 3 is 2.31 bits per heavy atom. The average molecular weight is 824 g/mol. The van der Waals surface area contributed by atoms with Crippen molar-refractivity contribution in [1.29, 1.82) is 0 Å². The molecule has 0 N–H and O–H groups in total. The minimum absolute atomic E-state index is 0. The summed E-state index contributed by atoms with van der Waals surface area (Å²) in [6, 6.07) is 24.4. The zero-order chi connectivity index (χ0) is 46.7. The largest absolute Gasteiger partial charge is 0.486 e. The normalized spacial score (nSPS) is 17.5.